The van der Waals surface area contributed by atoms with Gasteiger partial charge in [0.15, 0.2) is 0 Å². The molecule has 2 fully saturated rings. The van der Waals surface area contributed by atoms with Gasteiger partial charge in [0.05, 0.1) is 0 Å². The Bertz CT molecular complexity index is 194. The highest BCUT2D eigenvalue weighted by Gasteiger charge is 2.36. The first-order valence-electron chi connectivity index (χ1n) is 6.26. The van der Waals surface area contributed by atoms with Crippen LogP contribution in [0.15, 0.2) is 0 Å². The number of rotatable bonds is 2. The number of piperidine rings is 1. The Morgan fingerprint density at radius 1 is 1.33 bits per heavy atom. The lowest BCUT2D eigenvalue weighted by Crippen LogP contribution is -2.48. The molecular formula is C12H24N2O. The molecule has 2 aliphatic heterocycles. The van der Waals surface area contributed by atoms with Crippen molar-refractivity contribution in [2.75, 3.05) is 32.8 Å². The second kappa shape index (κ2) is 4.81. The largest absolute Gasteiger partial charge is 0.381 e. The zero-order valence-corrected chi connectivity index (χ0v) is 9.87. The first-order valence-corrected chi connectivity index (χ1v) is 6.26. The van der Waals surface area contributed by atoms with E-state index in [4.69, 9.17) is 10.5 Å². The normalized spacial score (nSPS) is 29.2. The molecule has 2 N–H and O–H groups in total. The van der Waals surface area contributed by atoms with Gasteiger partial charge in [0.2, 0.25) is 0 Å². The van der Waals surface area contributed by atoms with Crippen LogP contribution in [-0.2, 0) is 4.74 Å². The first kappa shape index (κ1) is 11.4. The van der Waals surface area contributed by atoms with Crippen LogP contribution in [0.1, 0.15) is 32.6 Å². The number of ether oxygens (including phenoxy) is 1. The SMILES string of the molecule is CC(N)CN1CCCC2(CCOCC2)C1. The second-order valence-corrected chi connectivity index (χ2v) is 5.43. The molecule has 1 spiro atoms. The smallest absolute Gasteiger partial charge is 0.0471 e. The van der Waals surface area contributed by atoms with Crippen LogP contribution in [0, 0.1) is 5.41 Å². The molecule has 2 saturated heterocycles. The Morgan fingerprint density at radius 2 is 2.07 bits per heavy atom. The fraction of sp³-hybridized carbons (Fsp3) is 1.00. The highest BCUT2D eigenvalue weighted by molar-refractivity contribution is 4.89. The summed E-state index contributed by atoms with van der Waals surface area (Å²) < 4.78 is 5.47. The molecule has 2 heterocycles. The summed E-state index contributed by atoms with van der Waals surface area (Å²) in [5.41, 5.74) is 6.44. The molecule has 3 heteroatoms. The lowest BCUT2D eigenvalue weighted by atomic mass is 9.74. The van der Waals surface area contributed by atoms with Gasteiger partial charge >= 0.3 is 0 Å². The molecule has 2 rings (SSSR count). The van der Waals surface area contributed by atoms with Crippen molar-refractivity contribution in [2.24, 2.45) is 11.1 Å². The summed E-state index contributed by atoms with van der Waals surface area (Å²) in [7, 11) is 0. The highest BCUT2D eigenvalue weighted by Crippen LogP contribution is 2.38. The molecule has 1 atom stereocenters. The molecule has 88 valence electrons. The van der Waals surface area contributed by atoms with Crippen molar-refractivity contribution in [3.63, 3.8) is 0 Å². The molecule has 2 aliphatic rings. The third-order valence-electron chi connectivity index (χ3n) is 3.84. The molecular weight excluding hydrogens is 188 g/mol. The zero-order chi connectivity index (χ0) is 10.7. The summed E-state index contributed by atoms with van der Waals surface area (Å²) in [6.45, 7) is 7.58. The van der Waals surface area contributed by atoms with Crippen LogP contribution < -0.4 is 5.73 Å². The van der Waals surface area contributed by atoms with Gasteiger partial charge in [0.1, 0.15) is 0 Å². The van der Waals surface area contributed by atoms with Gasteiger partial charge in [-0.2, -0.15) is 0 Å². The van der Waals surface area contributed by atoms with Gasteiger partial charge in [-0.3, -0.25) is 0 Å². The minimum atomic E-state index is 0.306. The minimum absolute atomic E-state index is 0.306. The predicted molar refractivity (Wildman–Crippen MR) is 61.8 cm³/mol. The molecule has 0 radical (unpaired) electrons. The molecule has 15 heavy (non-hydrogen) atoms. The van der Waals surface area contributed by atoms with Crippen LogP contribution in [0.25, 0.3) is 0 Å². The fourth-order valence-corrected chi connectivity index (χ4v) is 3.09. The van der Waals surface area contributed by atoms with Crippen LogP contribution in [0.3, 0.4) is 0 Å². The Hall–Kier alpha value is -0.120. The van der Waals surface area contributed by atoms with E-state index in [2.05, 4.69) is 11.8 Å². The summed E-state index contributed by atoms with van der Waals surface area (Å²) in [4.78, 5) is 2.56. The number of likely N-dealkylation sites (tertiary alicyclic amines) is 1. The van der Waals surface area contributed by atoms with Crippen molar-refractivity contribution in [3.05, 3.63) is 0 Å². The molecule has 0 aromatic rings. The lowest BCUT2D eigenvalue weighted by Gasteiger charge is -2.45. The Balaban J connectivity index is 1.90. The maximum atomic E-state index is 5.87. The van der Waals surface area contributed by atoms with E-state index in [0.29, 0.717) is 11.5 Å². The number of nitrogens with two attached hydrogens (primary N) is 1. The number of hydrogen-bond donors (Lipinski definition) is 1. The molecule has 0 aliphatic carbocycles. The molecule has 3 nitrogen and oxygen atoms in total. The highest BCUT2D eigenvalue weighted by atomic mass is 16.5. The van der Waals surface area contributed by atoms with Gasteiger partial charge in [0.25, 0.3) is 0 Å². The van der Waals surface area contributed by atoms with E-state index in [0.717, 1.165) is 19.8 Å². The summed E-state index contributed by atoms with van der Waals surface area (Å²) in [5.74, 6) is 0. The van der Waals surface area contributed by atoms with E-state index in [1.54, 1.807) is 0 Å². The van der Waals surface area contributed by atoms with Crippen molar-refractivity contribution in [1.29, 1.82) is 0 Å². The van der Waals surface area contributed by atoms with Crippen molar-refractivity contribution in [1.82, 2.24) is 4.90 Å². The zero-order valence-electron chi connectivity index (χ0n) is 9.87. The Morgan fingerprint density at radius 3 is 2.73 bits per heavy atom. The van der Waals surface area contributed by atoms with Gasteiger partial charge < -0.3 is 15.4 Å². The van der Waals surface area contributed by atoms with Crippen LogP contribution >= 0.6 is 0 Å². The molecule has 0 saturated carbocycles. The monoisotopic (exact) mass is 212 g/mol. The van der Waals surface area contributed by atoms with Crippen molar-refractivity contribution in [3.8, 4) is 0 Å². The average Bonchev–Trinajstić information content (AvgIpc) is 2.17. The average molecular weight is 212 g/mol. The maximum absolute atomic E-state index is 5.87. The van der Waals surface area contributed by atoms with Gasteiger partial charge in [0, 0.05) is 32.3 Å². The minimum Gasteiger partial charge on any atom is -0.381 e. The predicted octanol–water partition coefficient (Wildman–Crippen LogP) is 1.23. The van der Waals surface area contributed by atoms with Gasteiger partial charge in [-0.1, -0.05) is 0 Å². The molecule has 0 aromatic heterocycles. The summed E-state index contributed by atoms with van der Waals surface area (Å²) in [5, 5.41) is 0. The Kier molecular flexibility index (Phi) is 3.65. The summed E-state index contributed by atoms with van der Waals surface area (Å²) in [6, 6.07) is 0.306. The van der Waals surface area contributed by atoms with Crippen LogP contribution in [-0.4, -0.2) is 43.8 Å². The van der Waals surface area contributed by atoms with E-state index >= 15 is 0 Å². The van der Waals surface area contributed by atoms with E-state index in [1.165, 1.54) is 38.8 Å². The second-order valence-electron chi connectivity index (χ2n) is 5.43. The van der Waals surface area contributed by atoms with E-state index < -0.39 is 0 Å². The van der Waals surface area contributed by atoms with Crippen LogP contribution in [0.4, 0.5) is 0 Å². The quantitative estimate of drug-likeness (QED) is 0.748. The van der Waals surface area contributed by atoms with E-state index in [-0.39, 0.29) is 0 Å². The molecule has 0 bridgehead atoms. The lowest BCUT2D eigenvalue weighted by molar-refractivity contribution is -0.0279. The number of nitrogens with zero attached hydrogens (tertiary/aromatic N) is 1. The van der Waals surface area contributed by atoms with Crippen LogP contribution in [0.5, 0.6) is 0 Å². The molecule has 1 unspecified atom stereocenters. The summed E-state index contributed by atoms with van der Waals surface area (Å²) in [6.07, 6.45) is 5.24. The topological polar surface area (TPSA) is 38.5 Å². The van der Waals surface area contributed by atoms with Gasteiger partial charge in [-0.25, -0.2) is 0 Å². The third-order valence-corrected chi connectivity index (χ3v) is 3.84. The van der Waals surface area contributed by atoms with E-state index in [9.17, 15) is 0 Å². The molecule has 0 aromatic carbocycles. The van der Waals surface area contributed by atoms with Crippen LogP contribution in [0.2, 0.25) is 0 Å². The number of hydrogen-bond acceptors (Lipinski definition) is 3. The summed E-state index contributed by atoms with van der Waals surface area (Å²) >= 11 is 0. The molecule has 0 amide bonds. The first-order chi connectivity index (χ1) is 7.20. The van der Waals surface area contributed by atoms with Gasteiger partial charge in [-0.05, 0) is 44.6 Å². The van der Waals surface area contributed by atoms with Crippen molar-refractivity contribution in [2.45, 2.75) is 38.6 Å². The third kappa shape index (κ3) is 2.92. The Labute approximate surface area is 93.0 Å². The maximum Gasteiger partial charge on any atom is 0.0471 e. The van der Waals surface area contributed by atoms with Crippen molar-refractivity contribution >= 4 is 0 Å². The van der Waals surface area contributed by atoms with Crippen molar-refractivity contribution < 1.29 is 4.74 Å². The van der Waals surface area contributed by atoms with E-state index in [1.807, 2.05) is 0 Å². The fourth-order valence-electron chi connectivity index (χ4n) is 3.09. The standard InChI is InChI=1S/C12H24N2O/c1-11(13)9-14-6-2-3-12(10-14)4-7-15-8-5-12/h11H,2-10,13H2,1H3. The van der Waals surface area contributed by atoms with Gasteiger partial charge in [-0.15, -0.1) is 0 Å².